The van der Waals surface area contributed by atoms with Crippen molar-refractivity contribution in [2.24, 2.45) is 5.73 Å². The predicted molar refractivity (Wildman–Crippen MR) is 150 cm³/mol. The fourth-order valence-electron chi connectivity index (χ4n) is 4.65. The highest BCUT2D eigenvalue weighted by atomic mass is 16.5. The number of rotatable bonds is 7. The van der Waals surface area contributed by atoms with Crippen LogP contribution >= 0.6 is 0 Å². The average molecular weight is 521 g/mol. The number of nitrogens with one attached hydrogen (secondary N) is 2. The van der Waals surface area contributed by atoms with E-state index in [1.807, 2.05) is 54.6 Å². The molecule has 39 heavy (non-hydrogen) atoms. The van der Waals surface area contributed by atoms with Gasteiger partial charge in [0.05, 0.1) is 18.5 Å². The van der Waals surface area contributed by atoms with Crippen molar-refractivity contribution in [2.75, 3.05) is 17.3 Å². The largest absolute Gasteiger partial charge is 0.497 e. The van der Waals surface area contributed by atoms with Gasteiger partial charge in [-0.2, -0.15) is 0 Å². The molecule has 1 atom stereocenters. The molecule has 1 aliphatic rings. The van der Waals surface area contributed by atoms with E-state index in [1.54, 1.807) is 42.5 Å². The summed E-state index contributed by atoms with van der Waals surface area (Å²) in [6.07, 6.45) is 0. The van der Waals surface area contributed by atoms with Crippen molar-refractivity contribution in [3.8, 4) is 5.75 Å². The number of benzene rings is 4. The number of methoxy groups -OCH3 is 1. The summed E-state index contributed by atoms with van der Waals surface area (Å²) in [4.78, 5) is 41.8. The van der Waals surface area contributed by atoms with Gasteiger partial charge in [0.2, 0.25) is 0 Å². The average Bonchev–Trinajstić information content (AvgIpc) is 2.99. The van der Waals surface area contributed by atoms with E-state index in [-0.39, 0.29) is 17.7 Å². The highest BCUT2D eigenvalue weighted by Crippen LogP contribution is 2.40. The summed E-state index contributed by atoms with van der Waals surface area (Å²) in [7, 11) is 1.53. The number of hydrogen-bond donors (Lipinski definition) is 3. The molecule has 196 valence electrons. The standard InChI is InChI=1S/C31H28N4O4/c1-39-25-12-6-11-24(16-25)31(38)35-27-14-13-23(29(36)33-19-21-8-5-7-20(15-21)18-32)17-26(27)34-30(37)28(35)22-9-3-2-4-10-22/h2-17,28H,18-19,32H2,1H3,(H,33,36)(H,34,37). The van der Waals surface area contributed by atoms with Crippen molar-refractivity contribution < 1.29 is 19.1 Å². The van der Waals surface area contributed by atoms with Crippen molar-refractivity contribution in [3.63, 3.8) is 0 Å². The summed E-state index contributed by atoms with van der Waals surface area (Å²) >= 11 is 0. The van der Waals surface area contributed by atoms with Gasteiger partial charge in [0.1, 0.15) is 11.8 Å². The lowest BCUT2D eigenvalue weighted by Gasteiger charge is -2.37. The number of anilines is 2. The van der Waals surface area contributed by atoms with Gasteiger partial charge in [-0.05, 0) is 53.1 Å². The Morgan fingerprint density at radius 2 is 1.67 bits per heavy atom. The zero-order valence-electron chi connectivity index (χ0n) is 21.4. The molecular formula is C31H28N4O4. The monoisotopic (exact) mass is 520 g/mol. The zero-order valence-corrected chi connectivity index (χ0v) is 21.4. The quantitative estimate of drug-likeness (QED) is 0.334. The SMILES string of the molecule is COc1cccc(C(=O)N2c3ccc(C(=O)NCc4cccc(CN)c4)cc3NC(=O)C2c2ccccc2)c1. The molecule has 5 rings (SSSR count). The summed E-state index contributed by atoms with van der Waals surface area (Å²) in [6, 6.07) is 27.6. The predicted octanol–water partition coefficient (Wildman–Crippen LogP) is 4.42. The highest BCUT2D eigenvalue weighted by Gasteiger charge is 2.38. The van der Waals surface area contributed by atoms with Crippen LogP contribution < -0.4 is 26.0 Å². The van der Waals surface area contributed by atoms with Gasteiger partial charge in [-0.3, -0.25) is 19.3 Å². The minimum Gasteiger partial charge on any atom is -0.497 e. The van der Waals surface area contributed by atoms with Crippen molar-refractivity contribution in [3.05, 3.63) is 125 Å². The number of carbonyl (C=O) groups is 3. The lowest BCUT2D eigenvalue weighted by Crippen LogP contribution is -2.45. The number of amides is 3. The van der Waals surface area contributed by atoms with Crippen LogP contribution in [0.3, 0.4) is 0 Å². The van der Waals surface area contributed by atoms with Gasteiger partial charge in [0.25, 0.3) is 17.7 Å². The fraction of sp³-hybridized carbons (Fsp3) is 0.129. The van der Waals surface area contributed by atoms with Crippen LogP contribution in [0.1, 0.15) is 43.4 Å². The summed E-state index contributed by atoms with van der Waals surface area (Å²) in [6.45, 7) is 0.744. The lowest BCUT2D eigenvalue weighted by atomic mass is 9.98. The second-order valence-corrected chi connectivity index (χ2v) is 9.15. The van der Waals surface area contributed by atoms with Gasteiger partial charge in [0, 0.05) is 24.2 Å². The van der Waals surface area contributed by atoms with E-state index >= 15 is 0 Å². The highest BCUT2D eigenvalue weighted by molar-refractivity contribution is 6.17. The number of hydrogen-bond acceptors (Lipinski definition) is 5. The molecule has 0 spiro atoms. The zero-order chi connectivity index (χ0) is 27.4. The maximum Gasteiger partial charge on any atom is 0.259 e. The molecule has 0 fully saturated rings. The van der Waals surface area contributed by atoms with Crippen molar-refractivity contribution in [1.29, 1.82) is 0 Å². The number of nitrogens with two attached hydrogens (primary N) is 1. The van der Waals surface area contributed by atoms with Gasteiger partial charge in [-0.15, -0.1) is 0 Å². The van der Waals surface area contributed by atoms with E-state index in [0.717, 1.165) is 11.1 Å². The maximum absolute atomic E-state index is 13.9. The Morgan fingerprint density at radius 1 is 0.897 bits per heavy atom. The first kappa shape index (κ1) is 25.7. The lowest BCUT2D eigenvalue weighted by molar-refractivity contribution is -0.117. The first-order valence-corrected chi connectivity index (χ1v) is 12.5. The van der Waals surface area contributed by atoms with E-state index in [4.69, 9.17) is 10.5 Å². The van der Waals surface area contributed by atoms with Gasteiger partial charge in [-0.25, -0.2) is 0 Å². The van der Waals surface area contributed by atoms with Crippen LogP contribution in [-0.4, -0.2) is 24.8 Å². The maximum atomic E-state index is 13.9. The molecule has 4 aromatic rings. The second kappa shape index (κ2) is 11.2. The molecule has 0 bridgehead atoms. The van der Waals surface area contributed by atoms with Crippen LogP contribution in [0.25, 0.3) is 0 Å². The Hall–Kier alpha value is -4.95. The van der Waals surface area contributed by atoms with E-state index < -0.39 is 6.04 Å². The van der Waals surface area contributed by atoms with E-state index in [1.165, 1.54) is 12.0 Å². The van der Waals surface area contributed by atoms with E-state index in [0.29, 0.717) is 46.9 Å². The summed E-state index contributed by atoms with van der Waals surface area (Å²) in [5.74, 6) is -0.513. The normalized spacial score (nSPS) is 14.3. The van der Waals surface area contributed by atoms with Crippen molar-refractivity contribution in [2.45, 2.75) is 19.1 Å². The van der Waals surface area contributed by atoms with Gasteiger partial charge < -0.3 is 21.1 Å². The second-order valence-electron chi connectivity index (χ2n) is 9.15. The molecular weight excluding hydrogens is 492 g/mol. The summed E-state index contributed by atoms with van der Waals surface area (Å²) < 4.78 is 5.30. The molecule has 8 nitrogen and oxygen atoms in total. The van der Waals surface area contributed by atoms with Crippen LogP contribution in [0, 0.1) is 0 Å². The molecule has 3 amide bonds. The third-order valence-corrected chi connectivity index (χ3v) is 6.61. The first-order valence-electron chi connectivity index (χ1n) is 12.5. The number of ether oxygens (including phenoxy) is 1. The molecule has 0 aliphatic carbocycles. The smallest absolute Gasteiger partial charge is 0.259 e. The summed E-state index contributed by atoms with van der Waals surface area (Å²) in [5, 5.41) is 5.80. The molecule has 4 aromatic carbocycles. The van der Waals surface area contributed by atoms with E-state index in [9.17, 15) is 14.4 Å². The molecule has 1 unspecified atom stereocenters. The number of nitrogens with zero attached hydrogens (tertiary/aromatic N) is 1. The molecule has 4 N–H and O–H groups in total. The number of fused-ring (bicyclic) bond motifs is 1. The molecule has 0 saturated heterocycles. The Labute approximate surface area is 226 Å². The minimum absolute atomic E-state index is 0.305. The summed E-state index contributed by atoms with van der Waals surface area (Å²) in [5.41, 5.74) is 9.89. The molecule has 1 aliphatic heterocycles. The minimum atomic E-state index is -0.896. The van der Waals surface area contributed by atoms with E-state index in [2.05, 4.69) is 10.6 Å². The van der Waals surface area contributed by atoms with Crippen LogP contribution in [0.15, 0.2) is 97.1 Å². The topological polar surface area (TPSA) is 114 Å². The molecule has 0 saturated carbocycles. The van der Waals surface area contributed by atoms with Crippen LogP contribution in [0.4, 0.5) is 11.4 Å². The van der Waals surface area contributed by atoms with Crippen LogP contribution in [0.2, 0.25) is 0 Å². The molecule has 0 aromatic heterocycles. The fourth-order valence-corrected chi connectivity index (χ4v) is 4.65. The van der Waals surface area contributed by atoms with Crippen LogP contribution in [0.5, 0.6) is 5.75 Å². The molecule has 0 radical (unpaired) electrons. The Kier molecular flexibility index (Phi) is 7.38. The molecule has 1 heterocycles. The Morgan fingerprint density at radius 3 is 2.44 bits per heavy atom. The van der Waals surface area contributed by atoms with Gasteiger partial charge in [-0.1, -0.05) is 60.7 Å². The van der Waals surface area contributed by atoms with Crippen molar-refractivity contribution >= 4 is 29.1 Å². The number of carbonyl (C=O) groups excluding carboxylic acids is 3. The van der Waals surface area contributed by atoms with Crippen molar-refractivity contribution in [1.82, 2.24) is 5.32 Å². The Bertz CT molecular complexity index is 1540. The third kappa shape index (κ3) is 5.37. The third-order valence-electron chi connectivity index (χ3n) is 6.61. The first-order chi connectivity index (χ1) is 19.0. The van der Waals surface area contributed by atoms with Crippen LogP contribution in [-0.2, 0) is 17.9 Å². The Balaban J connectivity index is 1.48. The van der Waals surface area contributed by atoms with Gasteiger partial charge >= 0.3 is 0 Å². The van der Waals surface area contributed by atoms with Gasteiger partial charge in [0.15, 0.2) is 0 Å². The molecule has 8 heteroatoms.